The molecule has 0 spiro atoms. The lowest BCUT2D eigenvalue weighted by molar-refractivity contribution is 0.00673. The van der Waals surface area contributed by atoms with Gasteiger partial charge in [0, 0.05) is 0 Å². The first kappa shape index (κ1) is 12.5. The van der Waals surface area contributed by atoms with Crippen molar-refractivity contribution in [3.63, 3.8) is 0 Å². The van der Waals surface area contributed by atoms with Crippen LogP contribution < -0.4 is 0 Å². The van der Waals surface area contributed by atoms with Crippen LogP contribution >= 0.6 is 15.9 Å². The van der Waals surface area contributed by atoms with E-state index in [0.717, 1.165) is 29.7 Å². The molecule has 3 heteroatoms. The normalized spacial score (nSPS) is 44.7. The molecule has 1 rings (SSSR count). The summed E-state index contributed by atoms with van der Waals surface area (Å²) in [7, 11) is 0.807. The van der Waals surface area contributed by atoms with Crippen molar-refractivity contribution in [1.82, 2.24) is 0 Å². The first-order valence-electron chi connectivity index (χ1n) is 5.33. The van der Waals surface area contributed by atoms with E-state index in [0.29, 0.717) is 5.92 Å². The number of hydrogen-bond acceptors (Lipinski definition) is 1. The summed E-state index contributed by atoms with van der Waals surface area (Å²) in [6.07, 6.45) is 8.01. The minimum absolute atomic E-state index is 0.0238. The monoisotopic (exact) mass is 276 g/mol. The van der Waals surface area contributed by atoms with Crippen LogP contribution in [0.15, 0.2) is 12.2 Å². The van der Waals surface area contributed by atoms with E-state index in [4.69, 9.17) is 4.43 Å². The topological polar surface area (TPSA) is 9.23 Å². The van der Waals surface area contributed by atoms with Gasteiger partial charge in [0.05, 0.1) is 9.93 Å². The zero-order valence-electron chi connectivity index (χ0n) is 9.64. The molecule has 0 saturated heterocycles. The highest BCUT2D eigenvalue weighted by atomic mass is 79.9. The van der Waals surface area contributed by atoms with Gasteiger partial charge in [-0.2, -0.15) is 0 Å². The summed E-state index contributed by atoms with van der Waals surface area (Å²) in [6, 6.07) is 0. The molecule has 0 aliphatic heterocycles. The predicted octanol–water partition coefficient (Wildman–Crippen LogP) is 2.57. The Bertz CT molecular complexity index is 227. The van der Waals surface area contributed by atoms with E-state index < -0.39 is 0 Å². The van der Waals surface area contributed by atoms with Gasteiger partial charge in [-0.15, -0.1) is 0 Å². The van der Waals surface area contributed by atoms with Crippen LogP contribution in [0.5, 0.6) is 0 Å². The average Bonchev–Trinajstić information content (AvgIpc) is 2.13. The van der Waals surface area contributed by atoms with Gasteiger partial charge < -0.3 is 4.43 Å². The van der Waals surface area contributed by atoms with Crippen LogP contribution in [0.25, 0.3) is 0 Å². The highest BCUT2D eigenvalue weighted by molar-refractivity contribution is 9.10. The number of allylic oxidation sites excluding steroid dienone is 2. The molecular formula is C11H21BrOSi. The number of alkyl halides is 1. The maximum absolute atomic E-state index is 5.90. The van der Waals surface area contributed by atoms with Crippen molar-refractivity contribution in [2.45, 2.75) is 50.0 Å². The minimum atomic E-state index is -0.0238. The molecule has 3 atom stereocenters. The van der Waals surface area contributed by atoms with Crippen molar-refractivity contribution in [2.24, 2.45) is 5.92 Å². The summed E-state index contributed by atoms with van der Waals surface area (Å²) in [5.41, 5.74) is -0.0238. The molecule has 1 nitrogen and oxygen atoms in total. The van der Waals surface area contributed by atoms with Crippen molar-refractivity contribution < 1.29 is 4.43 Å². The molecule has 0 amide bonds. The Labute approximate surface area is 99.0 Å². The third-order valence-corrected chi connectivity index (χ3v) is 5.87. The highest BCUT2D eigenvalue weighted by Gasteiger charge is 2.45. The Morgan fingerprint density at radius 1 is 1.43 bits per heavy atom. The molecule has 0 fully saturated rings. The molecule has 14 heavy (non-hydrogen) atoms. The molecule has 0 aromatic carbocycles. The van der Waals surface area contributed by atoms with Gasteiger partial charge in [-0.25, -0.2) is 0 Å². The minimum Gasteiger partial charge on any atom is -0.421 e. The van der Waals surface area contributed by atoms with Crippen molar-refractivity contribution >= 4 is 26.4 Å². The fraction of sp³-hybridized carbons (Fsp3) is 0.818. The van der Waals surface area contributed by atoms with E-state index in [2.05, 4.69) is 48.9 Å². The van der Waals surface area contributed by atoms with Crippen LogP contribution in [0.4, 0.5) is 0 Å². The maximum Gasteiger partial charge on any atom is 0.146 e. The summed E-state index contributed by atoms with van der Waals surface area (Å²) in [5.74, 6) is 0.570. The Hall–Kier alpha value is 0.397. The molecule has 1 aliphatic rings. The molecular weight excluding hydrogens is 256 g/mol. The summed E-state index contributed by atoms with van der Waals surface area (Å²) in [6.45, 7) is 6.80. The predicted molar refractivity (Wildman–Crippen MR) is 68.9 cm³/mol. The van der Waals surface area contributed by atoms with Crippen molar-refractivity contribution in [2.75, 3.05) is 0 Å². The van der Waals surface area contributed by atoms with Crippen LogP contribution in [-0.4, -0.2) is 20.4 Å². The van der Waals surface area contributed by atoms with Crippen molar-refractivity contribution in [3.05, 3.63) is 12.2 Å². The van der Waals surface area contributed by atoms with E-state index in [1.165, 1.54) is 0 Å². The summed E-state index contributed by atoms with van der Waals surface area (Å²) in [5, 5.41) is 0. The zero-order valence-corrected chi connectivity index (χ0v) is 13.2. The SMILES string of the molecule is CC1CC=CCC[C@@](C)(Br)[C@]1(C)O[SiH3]. The van der Waals surface area contributed by atoms with E-state index >= 15 is 0 Å². The molecule has 0 N–H and O–H groups in total. The van der Waals surface area contributed by atoms with Crippen LogP contribution in [0.2, 0.25) is 0 Å². The van der Waals surface area contributed by atoms with Crippen LogP contribution in [0, 0.1) is 5.92 Å². The second kappa shape index (κ2) is 4.50. The van der Waals surface area contributed by atoms with Crippen LogP contribution in [0.1, 0.15) is 40.0 Å². The van der Waals surface area contributed by atoms with Crippen LogP contribution in [-0.2, 0) is 4.43 Å². The third-order valence-electron chi connectivity index (χ3n) is 3.84. The number of halogens is 1. The van der Waals surface area contributed by atoms with E-state index in [1.807, 2.05) is 0 Å². The standard InChI is InChI=1S/C11H21BrOSi/c1-9-7-5-4-6-8-10(2,12)11(9,3)13-14/h4-5,9H,6-8H2,1-3,14H3/t9?,10-,11-/m1/s1. The van der Waals surface area contributed by atoms with Crippen molar-refractivity contribution in [3.8, 4) is 0 Å². The Morgan fingerprint density at radius 3 is 2.64 bits per heavy atom. The quantitative estimate of drug-likeness (QED) is 0.407. The van der Waals surface area contributed by atoms with Gasteiger partial charge in [0.15, 0.2) is 0 Å². The molecule has 0 heterocycles. The molecule has 0 aromatic heterocycles. The third kappa shape index (κ3) is 2.15. The Balaban J connectivity index is 2.98. The fourth-order valence-corrected chi connectivity index (χ4v) is 4.11. The zero-order chi connectivity index (χ0) is 10.8. The van der Waals surface area contributed by atoms with Gasteiger partial charge in [-0.3, -0.25) is 0 Å². The summed E-state index contributed by atoms with van der Waals surface area (Å²) < 4.78 is 6.00. The Kier molecular flexibility index (Phi) is 4.00. The molecule has 1 aliphatic carbocycles. The summed E-state index contributed by atoms with van der Waals surface area (Å²) >= 11 is 3.86. The molecule has 0 radical (unpaired) electrons. The maximum atomic E-state index is 5.90. The fourth-order valence-electron chi connectivity index (χ4n) is 2.17. The first-order valence-corrected chi connectivity index (χ1v) is 6.94. The molecule has 0 saturated carbocycles. The second-order valence-corrected chi connectivity index (χ2v) is 6.81. The highest BCUT2D eigenvalue weighted by Crippen LogP contribution is 2.44. The van der Waals surface area contributed by atoms with Crippen LogP contribution in [0.3, 0.4) is 0 Å². The van der Waals surface area contributed by atoms with E-state index in [-0.39, 0.29) is 9.93 Å². The first-order chi connectivity index (χ1) is 6.44. The second-order valence-electron chi connectivity index (χ2n) is 4.66. The number of hydrogen-bond donors (Lipinski definition) is 0. The smallest absolute Gasteiger partial charge is 0.146 e. The largest absolute Gasteiger partial charge is 0.421 e. The Morgan fingerprint density at radius 2 is 2.07 bits per heavy atom. The van der Waals surface area contributed by atoms with E-state index in [1.54, 1.807) is 0 Å². The lowest BCUT2D eigenvalue weighted by Gasteiger charge is -2.47. The van der Waals surface area contributed by atoms with E-state index in [9.17, 15) is 0 Å². The van der Waals surface area contributed by atoms with Gasteiger partial charge in [-0.1, -0.05) is 35.0 Å². The average molecular weight is 277 g/mol. The summed E-state index contributed by atoms with van der Waals surface area (Å²) in [4.78, 5) is 0. The van der Waals surface area contributed by atoms with Gasteiger partial charge in [0.25, 0.3) is 0 Å². The molecule has 0 aromatic rings. The van der Waals surface area contributed by atoms with Gasteiger partial charge >= 0.3 is 0 Å². The lowest BCUT2D eigenvalue weighted by Crippen LogP contribution is -2.52. The molecule has 82 valence electrons. The molecule has 0 bridgehead atoms. The van der Waals surface area contributed by atoms with Gasteiger partial charge in [-0.05, 0) is 39.0 Å². The van der Waals surface area contributed by atoms with Gasteiger partial charge in [0.1, 0.15) is 10.5 Å². The van der Waals surface area contributed by atoms with Gasteiger partial charge in [0.2, 0.25) is 0 Å². The van der Waals surface area contributed by atoms with Crippen molar-refractivity contribution in [1.29, 1.82) is 0 Å². The number of rotatable bonds is 1. The molecule has 1 unspecified atom stereocenters. The lowest BCUT2D eigenvalue weighted by atomic mass is 9.75.